The third kappa shape index (κ3) is 4.15. The molecule has 0 unspecified atom stereocenters. The molecule has 1 N–H and O–H groups in total. The summed E-state index contributed by atoms with van der Waals surface area (Å²) >= 11 is 5.94. The molecule has 0 radical (unpaired) electrons. The molecule has 0 bridgehead atoms. The van der Waals surface area contributed by atoms with E-state index in [9.17, 15) is 14.9 Å². The van der Waals surface area contributed by atoms with E-state index in [0.717, 1.165) is 6.07 Å². The Bertz CT molecular complexity index is 840. The summed E-state index contributed by atoms with van der Waals surface area (Å²) in [5.41, 5.74) is -0.307. The van der Waals surface area contributed by atoms with E-state index in [2.05, 4.69) is 5.32 Å². The van der Waals surface area contributed by atoms with Gasteiger partial charge in [0.25, 0.3) is 11.6 Å². The number of carbonyl (C=O) groups excluding carboxylic acids is 1. The average molecular weight is 381 g/mol. The topological polar surface area (TPSA) is 99.9 Å². The lowest BCUT2D eigenvalue weighted by molar-refractivity contribution is -0.385. The number of amides is 1. The van der Waals surface area contributed by atoms with Crippen LogP contribution in [0.3, 0.4) is 0 Å². The highest BCUT2D eigenvalue weighted by molar-refractivity contribution is 6.31. The van der Waals surface area contributed by atoms with Crippen LogP contribution in [-0.2, 0) is 0 Å². The summed E-state index contributed by atoms with van der Waals surface area (Å²) in [5, 5.41) is 14.3. The quantitative estimate of drug-likeness (QED) is 0.577. The molecule has 138 valence electrons. The maximum Gasteiger partial charge on any atom is 0.286 e. The van der Waals surface area contributed by atoms with Crippen LogP contribution in [-0.4, -0.2) is 31.7 Å². The predicted molar refractivity (Wildman–Crippen MR) is 96.8 cm³/mol. The minimum Gasteiger partial charge on any atom is -0.495 e. The number of carbonyl (C=O) groups is 1. The number of nitro benzene ring substituents is 1. The van der Waals surface area contributed by atoms with Crippen LogP contribution < -0.4 is 19.5 Å². The van der Waals surface area contributed by atoms with Gasteiger partial charge in [0.1, 0.15) is 11.3 Å². The van der Waals surface area contributed by atoms with E-state index >= 15 is 0 Å². The summed E-state index contributed by atoms with van der Waals surface area (Å²) in [6.07, 6.45) is 0. The van der Waals surface area contributed by atoms with Crippen LogP contribution in [0, 0.1) is 10.1 Å². The highest BCUT2D eigenvalue weighted by atomic mass is 35.5. The Morgan fingerprint density at radius 3 is 2.42 bits per heavy atom. The van der Waals surface area contributed by atoms with Crippen LogP contribution >= 0.6 is 11.6 Å². The van der Waals surface area contributed by atoms with Gasteiger partial charge in [-0.1, -0.05) is 11.6 Å². The molecule has 0 aromatic heterocycles. The van der Waals surface area contributed by atoms with Gasteiger partial charge in [-0.2, -0.15) is 0 Å². The van der Waals surface area contributed by atoms with E-state index in [1.165, 1.54) is 26.4 Å². The molecule has 0 saturated heterocycles. The second kappa shape index (κ2) is 8.39. The Kier molecular flexibility index (Phi) is 6.24. The average Bonchev–Trinajstić information content (AvgIpc) is 2.61. The second-order valence-electron chi connectivity index (χ2n) is 5.01. The number of hydrogen-bond acceptors (Lipinski definition) is 6. The number of nitro groups is 1. The molecule has 0 aliphatic carbocycles. The summed E-state index contributed by atoms with van der Waals surface area (Å²) < 4.78 is 15.7. The van der Waals surface area contributed by atoms with Crippen molar-refractivity contribution in [3.05, 3.63) is 51.0 Å². The summed E-state index contributed by atoms with van der Waals surface area (Å²) in [5.74, 6) is 0.0454. The molecule has 2 aromatic carbocycles. The van der Waals surface area contributed by atoms with Gasteiger partial charge < -0.3 is 19.5 Å². The number of benzene rings is 2. The van der Waals surface area contributed by atoms with Crippen LogP contribution in [0.5, 0.6) is 17.2 Å². The fourth-order valence-electron chi connectivity index (χ4n) is 2.28. The van der Waals surface area contributed by atoms with Crippen molar-refractivity contribution in [1.29, 1.82) is 0 Å². The summed E-state index contributed by atoms with van der Waals surface area (Å²) in [6, 6.07) is 7.07. The normalized spacial score (nSPS) is 10.2. The monoisotopic (exact) mass is 380 g/mol. The lowest BCUT2D eigenvalue weighted by Gasteiger charge is -2.13. The molecule has 9 heteroatoms. The van der Waals surface area contributed by atoms with Crippen molar-refractivity contribution >= 4 is 28.9 Å². The van der Waals surface area contributed by atoms with Gasteiger partial charge in [0, 0.05) is 11.1 Å². The number of nitrogens with one attached hydrogen (secondary N) is 1. The Balaban J connectivity index is 2.49. The molecular weight excluding hydrogens is 364 g/mol. The van der Waals surface area contributed by atoms with Crippen molar-refractivity contribution in [2.75, 3.05) is 26.1 Å². The minimum absolute atomic E-state index is 0.162. The Labute approximate surface area is 154 Å². The van der Waals surface area contributed by atoms with E-state index in [1.807, 2.05) is 0 Å². The van der Waals surface area contributed by atoms with Crippen LogP contribution in [0.1, 0.15) is 17.3 Å². The van der Waals surface area contributed by atoms with Gasteiger partial charge >= 0.3 is 0 Å². The highest BCUT2D eigenvalue weighted by Gasteiger charge is 2.25. The molecule has 0 saturated carbocycles. The molecule has 0 heterocycles. The maximum absolute atomic E-state index is 12.7. The van der Waals surface area contributed by atoms with Gasteiger partial charge in [-0.05, 0) is 25.1 Å². The third-order valence-corrected chi connectivity index (χ3v) is 3.67. The molecule has 2 aromatic rings. The fraction of sp³-hybridized carbons (Fsp3) is 0.235. The van der Waals surface area contributed by atoms with Gasteiger partial charge in [-0.15, -0.1) is 0 Å². The molecule has 0 aliphatic rings. The van der Waals surface area contributed by atoms with Gasteiger partial charge in [0.05, 0.1) is 37.5 Å². The lowest BCUT2D eigenvalue weighted by atomic mass is 10.1. The van der Waals surface area contributed by atoms with Crippen molar-refractivity contribution < 1.29 is 23.9 Å². The third-order valence-electron chi connectivity index (χ3n) is 3.43. The molecule has 26 heavy (non-hydrogen) atoms. The van der Waals surface area contributed by atoms with Gasteiger partial charge in [0.15, 0.2) is 11.5 Å². The SMILES string of the molecule is CCOc1cc(C(=O)Nc2cc(Cl)ccc2OC)c([N+](=O)[O-])cc1OC. The van der Waals surface area contributed by atoms with Crippen LogP contribution in [0.25, 0.3) is 0 Å². The zero-order valence-electron chi connectivity index (χ0n) is 14.4. The molecule has 0 atom stereocenters. The zero-order chi connectivity index (χ0) is 19.3. The number of anilines is 1. The Hall–Kier alpha value is -3.00. The number of halogens is 1. The minimum atomic E-state index is -0.708. The van der Waals surface area contributed by atoms with Crippen molar-refractivity contribution in [3.63, 3.8) is 0 Å². The summed E-state index contributed by atoms with van der Waals surface area (Å²) in [4.78, 5) is 23.4. The van der Waals surface area contributed by atoms with E-state index in [0.29, 0.717) is 17.4 Å². The van der Waals surface area contributed by atoms with Crippen LogP contribution in [0.15, 0.2) is 30.3 Å². The maximum atomic E-state index is 12.7. The molecule has 0 spiro atoms. The van der Waals surface area contributed by atoms with Crippen molar-refractivity contribution in [1.82, 2.24) is 0 Å². The summed E-state index contributed by atoms with van der Waals surface area (Å²) in [6.45, 7) is 2.05. The second-order valence-corrected chi connectivity index (χ2v) is 5.45. The predicted octanol–water partition coefficient (Wildman–Crippen LogP) is 3.92. The first-order valence-corrected chi connectivity index (χ1v) is 7.93. The molecule has 2 rings (SSSR count). The summed E-state index contributed by atoms with van der Waals surface area (Å²) in [7, 11) is 2.79. The molecule has 0 fully saturated rings. The van der Waals surface area contributed by atoms with E-state index in [-0.39, 0.29) is 22.7 Å². The van der Waals surface area contributed by atoms with E-state index < -0.39 is 16.5 Å². The largest absolute Gasteiger partial charge is 0.495 e. The Morgan fingerprint density at radius 2 is 1.85 bits per heavy atom. The highest BCUT2D eigenvalue weighted by Crippen LogP contribution is 2.36. The van der Waals surface area contributed by atoms with Gasteiger partial charge in [-0.25, -0.2) is 0 Å². The van der Waals surface area contributed by atoms with E-state index in [4.69, 9.17) is 25.8 Å². The Morgan fingerprint density at radius 1 is 1.15 bits per heavy atom. The fourth-order valence-corrected chi connectivity index (χ4v) is 2.45. The lowest BCUT2D eigenvalue weighted by Crippen LogP contribution is -2.15. The molecule has 0 aliphatic heterocycles. The number of nitrogens with zero attached hydrogens (tertiary/aromatic N) is 1. The number of ether oxygens (including phenoxy) is 3. The van der Waals surface area contributed by atoms with Crippen LogP contribution in [0.2, 0.25) is 5.02 Å². The first-order valence-electron chi connectivity index (χ1n) is 7.55. The first-order chi connectivity index (χ1) is 12.4. The molecular formula is C17H17ClN2O6. The van der Waals surface area contributed by atoms with Crippen LogP contribution in [0.4, 0.5) is 11.4 Å². The molecule has 1 amide bonds. The van der Waals surface area contributed by atoms with E-state index in [1.54, 1.807) is 19.1 Å². The van der Waals surface area contributed by atoms with Gasteiger partial charge in [0.2, 0.25) is 0 Å². The smallest absolute Gasteiger partial charge is 0.286 e. The van der Waals surface area contributed by atoms with Crippen molar-refractivity contribution in [2.24, 2.45) is 0 Å². The zero-order valence-corrected chi connectivity index (χ0v) is 15.1. The first kappa shape index (κ1) is 19.3. The number of hydrogen-bond donors (Lipinski definition) is 1. The standard InChI is InChI=1S/C17H17ClN2O6/c1-4-26-16-8-11(13(20(22)23)9-15(16)25-3)17(21)19-12-7-10(18)5-6-14(12)24-2/h5-9H,4H2,1-3H3,(H,19,21). The van der Waals surface area contributed by atoms with Crippen molar-refractivity contribution in [3.8, 4) is 17.2 Å². The van der Waals surface area contributed by atoms with Gasteiger partial charge in [-0.3, -0.25) is 14.9 Å². The number of methoxy groups -OCH3 is 2. The molecule has 8 nitrogen and oxygen atoms in total. The number of rotatable bonds is 7. The van der Waals surface area contributed by atoms with Crippen molar-refractivity contribution in [2.45, 2.75) is 6.92 Å².